The van der Waals surface area contributed by atoms with Crippen molar-refractivity contribution in [2.75, 3.05) is 13.6 Å². The first-order valence-corrected chi connectivity index (χ1v) is 5.13. The lowest BCUT2D eigenvalue weighted by Crippen LogP contribution is -2.30. The van der Waals surface area contributed by atoms with Gasteiger partial charge in [-0.3, -0.25) is 4.79 Å². The van der Waals surface area contributed by atoms with Crippen molar-refractivity contribution >= 4 is 0 Å². The average molecular weight is 192 g/mol. The normalized spacial score (nSPS) is 16.7. The van der Waals surface area contributed by atoms with Crippen molar-refractivity contribution in [1.82, 2.24) is 9.88 Å². The summed E-state index contributed by atoms with van der Waals surface area (Å²) < 4.78 is 0. The molecule has 0 fully saturated rings. The number of aromatic amines is 1. The number of fused-ring (bicyclic) bond motifs is 1. The molecule has 3 heteroatoms. The van der Waals surface area contributed by atoms with Crippen molar-refractivity contribution in [3.63, 3.8) is 0 Å². The van der Waals surface area contributed by atoms with Crippen molar-refractivity contribution in [3.8, 4) is 0 Å². The average Bonchev–Trinajstić information content (AvgIpc) is 2.17. The summed E-state index contributed by atoms with van der Waals surface area (Å²) in [6.45, 7) is 4.01. The Hall–Kier alpha value is -1.09. The van der Waals surface area contributed by atoms with E-state index in [0.29, 0.717) is 0 Å². The highest BCUT2D eigenvalue weighted by Gasteiger charge is 2.14. The Bertz CT molecular complexity index is 395. The zero-order valence-electron chi connectivity index (χ0n) is 8.76. The number of rotatable bonds is 1. The minimum Gasteiger partial charge on any atom is -0.326 e. The van der Waals surface area contributed by atoms with E-state index in [-0.39, 0.29) is 5.56 Å². The molecule has 1 aliphatic rings. The fourth-order valence-corrected chi connectivity index (χ4v) is 1.96. The van der Waals surface area contributed by atoms with E-state index in [9.17, 15) is 4.79 Å². The van der Waals surface area contributed by atoms with Crippen LogP contribution < -0.4 is 5.56 Å². The lowest BCUT2D eigenvalue weighted by atomic mass is 10.0. The maximum Gasteiger partial charge on any atom is 0.251 e. The number of H-pyrrole nitrogens is 1. The van der Waals surface area contributed by atoms with Gasteiger partial charge in [0.2, 0.25) is 0 Å². The fraction of sp³-hybridized carbons (Fsp3) is 0.545. The molecule has 1 aromatic heterocycles. The van der Waals surface area contributed by atoms with Crippen LogP contribution in [0.5, 0.6) is 0 Å². The molecule has 2 rings (SSSR count). The van der Waals surface area contributed by atoms with Gasteiger partial charge < -0.3 is 9.88 Å². The van der Waals surface area contributed by atoms with Crippen LogP contribution in [0.1, 0.15) is 23.7 Å². The van der Waals surface area contributed by atoms with E-state index in [1.54, 1.807) is 0 Å². The number of likely N-dealkylation sites (N-methyl/N-ethyl adjacent to an activating group) is 1. The van der Waals surface area contributed by atoms with Gasteiger partial charge in [0.15, 0.2) is 0 Å². The van der Waals surface area contributed by atoms with Crippen LogP contribution in [0, 0.1) is 0 Å². The molecule has 0 amide bonds. The fourth-order valence-electron chi connectivity index (χ4n) is 1.96. The zero-order chi connectivity index (χ0) is 10.1. The van der Waals surface area contributed by atoms with Gasteiger partial charge in [0.05, 0.1) is 0 Å². The molecule has 1 aromatic rings. The molecule has 0 bridgehead atoms. The van der Waals surface area contributed by atoms with Crippen LogP contribution in [0.2, 0.25) is 0 Å². The van der Waals surface area contributed by atoms with Gasteiger partial charge in [0.1, 0.15) is 0 Å². The first-order chi connectivity index (χ1) is 6.70. The molecule has 0 saturated heterocycles. The Morgan fingerprint density at radius 2 is 2.36 bits per heavy atom. The van der Waals surface area contributed by atoms with E-state index in [2.05, 4.69) is 23.0 Å². The van der Waals surface area contributed by atoms with Crippen LogP contribution >= 0.6 is 0 Å². The molecule has 14 heavy (non-hydrogen) atoms. The maximum absolute atomic E-state index is 11.5. The van der Waals surface area contributed by atoms with Crippen molar-refractivity contribution < 1.29 is 0 Å². The van der Waals surface area contributed by atoms with Crippen molar-refractivity contribution in [1.29, 1.82) is 0 Å². The van der Waals surface area contributed by atoms with Gasteiger partial charge in [-0.15, -0.1) is 0 Å². The number of aromatic nitrogens is 1. The molecular weight excluding hydrogens is 176 g/mol. The topological polar surface area (TPSA) is 36.1 Å². The SMILES string of the molecule is CCc1cc2c([nH]c1=O)CCN(C)C2. The Balaban J connectivity index is 2.46. The van der Waals surface area contributed by atoms with Crippen LogP contribution in [0.15, 0.2) is 10.9 Å². The number of nitrogens with zero attached hydrogens (tertiary/aromatic N) is 1. The Morgan fingerprint density at radius 3 is 3.07 bits per heavy atom. The summed E-state index contributed by atoms with van der Waals surface area (Å²) in [7, 11) is 2.11. The molecule has 2 heterocycles. The quantitative estimate of drug-likeness (QED) is 0.718. The molecular formula is C11H16N2O. The smallest absolute Gasteiger partial charge is 0.251 e. The molecule has 0 saturated carbocycles. The third-order valence-electron chi connectivity index (χ3n) is 2.86. The largest absolute Gasteiger partial charge is 0.326 e. The summed E-state index contributed by atoms with van der Waals surface area (Å²) in [6.07, 6.45) is 1.78. The van der Waals surface area contributed by atoms with Crippen LogP contribution in [0.25, 0.3) is 0 Å². The molecule has 1 aliphatic heterocycles. The monoisotopic (exact) mass is 192 g/mol. The first-order valence-electron chi connectivity index (χ1n) is 5.13. The summed E-state index contributed by atoms with van der Waals surface area (Å²) in [5.74, 6) is 0. The van der Waals surface area contributed by atoms with Crippen LogP contribution in [0.4, 0.5) is 0 Å². The Kier molecular flexibility index (Phi) is 2.42. The van der Waals surface area contributed by atoms with Gasteiger partial charge in [-0.25, -0.2) is 0 Å². The summed E-state index contributed by atoms with van der Waals surface area (Å²) in [5.41, 5.74) is 3.41. The Labute approximate surface area is 83.8 Å². The minimum absolute atomic E-state index is 0.0933. The molecule has 0 radical (unpaired) electrons. The molecule has 0 atom stereocenters. The molecule has 3 nitrogen and oxygen atoms in total. The van der Waals surface area contributed by atoms with Gasteiger partial charge in [0, 0.05) is 30.8 Å². The van der Waals surface area contributed by atoms with Crippen molar-refractivity contribution in [2.24, 2.45) is 0 Å². The van der Waals surface area contributed by atoms with Crippen LogP contribution in [0.3, 0.4) is 0 Å². The number of aryl methyl sites for hydroxylation is 1. The maximum atomic E-state index is 11.5. The van der Waals surface area contributed by atoms with E-state index < -0.39 is 0 Å². The highest BCUT2D eigenvalue weighted by atomic mass is 16.1. The highest BCUT2D eigenvalue weighted by molar-refractivity contribution is 5.27. The number of nitrogens with one attached hydrogen (secondary N) is 1. The highest BCUT2D eigenvalue weighted by Crippen LogP contribution is 2.15. The predicted molar refractivity (Wildman–Crippen MR) is 56.5 cm³/mol. The van der Waals surface area contributed by atoms with E-state index in [1.807, 2.05) is 6.92 Å². The van der Waals surface area contributed by atoms with E-state index >= 15 is 0 Å². The number of hydrogen-bond acceptors (Lipinski definition) is 2. The van der Waals surface area contributed by atoms with Crippen molar-refractivity contribution in [2.45, 2.75) is 26.3 Å². The summed E-state index contributed by atoms with van der Waals surface area (Å²) in [4.78, 5) is 16.8. The third kappa shape index (κ3) is 1.60. The number of pyridine rings is 1. The van der Waals surface area contributed by atoms with Gasteiger partial charge in [-0.1, -0.05) is 6.92 Å². The second-order valence-corrected chi connectivity index (χ2v) is 3.97. The second-order valence-electron chi connectivity index (χ2n) is 3.97. The van der Waals surface area contributed by atoms with Crippen LogP contribution in [-0.4, -0.2) is 23.5 Å². The standard InChI is InChI=1S/C11H16N2O/c1-3-8-6-9-7-13(2)5-4-10(9)12-11(8)14/h6H,3-5,7H2,1-2H3,(H,12,14). The lowest BCUT2D eigenvalue weighted by Gasteiger charge is -2.24. The zero-order valence-corrected chi connectivity index (χ0v) is 8.76. The molecule has 0 aliphatic carbocycles. The predicted octanol–water partition coefficient (Wildman–Crippen LogP) is 0.925. The third-order valence-corrected chi connectivity index (χ3v) is 2.86. The lowest BCUT2D eigenvalue weighted by molar-refractivity contribution is 0.309. The van der Waals surface area contributed by atoms with E-state index in [1.165, 1.54) is 5.56 Å². The van der Waals surface area contributed by atoms with Gasteiger partial charge >= 0.3 is 0 Å². The summed E-state index contributed by atoms with van der Waals surface area (Å²) >= 11 is 0. The van der Waals surface area contributed by atoms with E-state index in [4.69, 9.17) is 0 Å². The van der Waals surface area contributed by atoms with E-state index in [0.717, 1.165) is 37.2 Å². The van der Waals surface area contributed by atoms with Gasteiger partial charge in [-0.2, -0.15) is 0 Å². The molecule has 0 aromatic carbocycles. The second kappa shape index (κ2) is 3.58. The summed E-state index contributed by atoms with van der Waals surface area (Å²) in [5, 5.41) is 0. The first kappa shape index (κ1) is 9.46. The summed E-state index contributed by atoms with van der Waals surface area (Å²) in [6, 6.07) is 2.06. The van der Waals surface area contributed by atoms with Gasteiger partial charge in [0.25, 0.3) is 5.56 Å². The molecule has 0 spiro atoms. The Morgan fingerprint density at radius 1 is 1.57 bits per heavy atom. The number of hydrogen-bond donors (Lipinski definition) is 1. The molecule has 76 valence electrons. The molecule has 0 unspecified atom stereocenters. The minimum atomic E-state index is 0.0933. The molecule has 1 N–H and O–H groups in total. The van der Waals surface area contributed by atoms with Crippen molar-refractivity contribution in [3.05, 3.63) is 33.2 Å². The van der Waals surface area contributed by atoms with Gasteiger partial charge in [-0.05, 0) is 25.1 Å². The van der Waals surface area contributed by atoms with Crippen LogP contribution in [-0.2, 0) is 19.4 Å².